The SMILES string of the molecule is CCCc1[nH]c(C(C)C)cc1-c1ccccc1. The molecule has 2 rings (SSSR count). The average Bonchev–Trinajstić information content (AvgIpc) is 2.75. The summed E-state index contributed by atoms with van der Waals surface area (Å²) in [6.45, 7) is 6.69. The topological polar surface area (TPSA) is 15.8 Å². The van der Waals surface area contributed by atoms with Crippen molar-refractivity contribution in [2.45, 2.75) is 39.5 Å². The monoisotopic (exact) mass is 227 g/mol. The summed E-state index contributed by atoms with van der Waals surface area (Å²) in [5, 5.41) is 0. The summed E-state index contributed by atoms with van der Waals surface area (Å²) in [5.41, 5.74) is 5.41. The van der Waals surface area contributed by atoms with E-state index in [0.29, 0.717) is 5.92 Å². The fourth-order valence-electron chi connectivity index (χ4n) is 2.15. The van der Waals surface area contributed by atoms with Gasteiger partial charge in [-0.1, -0.05) is 57.5 Å². The van der Waals surface area contributed by atoms with E-state index >= 15 is 0 Å². The van der Waals surface area contributed by atoms with Gasteiger partial charge in [0.15, 0.2) is 0 Å². The summed E-state index contributed by atoms with van der Waals surface area (Å²) < 4.78 is 0. The van der Waals surface area contributed by atoms with Crippen molar-refractivity contribution in [3.05, 3.63) is 47.8 Å². The lowest BCUT2D eigenvalue weighted by Crippen LogP contribution is -1.89. The van der Waals surface area contributed by atoms with E-state index in [1.807, 2.05) is 0 Å². The molecular formula is C16H21N. The van der Waals surface area contributed by atoms with Gasteiger partial charge in [-0.15, -0.1) is 0 Å². The predicted octanol–water partition coefficient (Wildman–Crippen LogP) is 4.76. The van der Waals surface area contributed by atoms with Gasteiger partial charge < -0.3 is 4.98 Å². The van der Waals surface area contributed by atoms with Crippen molar-refractivity contribution in [3.63, 3.8) is 0 Å². The minimum Gasteiger partial charge on any atom is -0.362 e. The van der Waals surface area contributed by atoms with Gasteiger partial charge in [0.25, 0.3) is 0 Å². The molecule has 0 amide bonds. The fraction of sp³-hybridized carbons (Fsp3) is 0.375. The molecule has 0 radical (unpaired) electrons. The largest absolute Gasteiger partial charge is 0.362 e. The van der Waals surface area contributed by atoms with Crippen LogP contribution in [0.1, 0.15) is 44.5 Å². The Morgan fingerprint density at radius 2 is 1.82 bits per heavy atom. The Bertz CT molecular complexity index is 466. The molecule has 1 aromatic heterocycles. The maximum atomic E-state index is 3.58. The summed E-state index contributed by atoms with van der Waals surface area (Å²) in [7, 11) is 0. The minimum absolute atomic E-state index is 0.558. The molecule has 0 aliphatic rings. The van der Waals surface area contributed by atoms with Crippen molar-refractivity contribution in [2.24, 2.45) is 0 Å². The maximum absolute atomic E-state index is 3.58. The molecule has 1 heteroatoms. The minimum atomic E-state index is 0.558. The van der Waals surface area contributed by atoms with Crippen LogP contribution in [0.3, 0.4) is 0 Å². The summed E-state index contributed by atoms with van der Waals surface area (Å²) in [6, 6.07) is 13.0. The maximum Gasteiger partial charge on any atom is 0.0228 e. The predicted molar refractivity (Wildman–Crippen MR) is 74.3 cm³/mol. The molecule has 2 aromatic rings. The normalized spacial score (nSPS) is 11.1. The Hall–Kier alpha value is -1.50. The molecule has 0 unspecified atom stereocenters. The van der Waals surface area contributed by atoms with Gasteiger partial charge in [-0.2, -0.15) is 0 Å². The number of H-pyrrole nitrogens is 1. The first-order valence-corrected chi connectivity index (χ1v) is 6.49. The molecule has 0 aliphatic carbocycles. The highest BCUT2D eigenvalue weighted by atomic mass is 14.7. The standard InChI is InChI=1S/C16H21N/c1-4-8-15-14(11-16(17-15)12(2)3)13-9-6-5-7-10-13/h5-7,9-12,17H,4,8H2,1-3H3. The van der Waals surface area contributed by atoms with E-state index in [1.54, 1.807) is 0 Å². The molecule has 0 saturated heterocycles. The molecule has 1 nitrogen and oxygen atoms in total. The Kier molecular flexibility index (Phi) is 3.68. The third-order valence-electron chi connectivity index (χ3n) is 3.13. The third kappa shape index (κ3) is 2.60. The molecule has 0 bridgehead atoms. The summed E-state index contributed by atoms with van der Waals surface area (Å²) in [6.07, 6.45) is 2.30. The molecule has 1 heterocycles. The van der Waals surface area contributed by atoms with Gasteiger partial charge in [0, 0.05) is 17.0 Å². The van der Waals surface area contributed by atoms with E-state index in [4.69, 9.17) is 0 Å². The third-order valence-corrected chi connectivity index (χ3v) is 3.13. The molecule has 0 aliphatic heterocycles. The van der Waals surface area contributed by atoms with Crippen LogP contribution in [0.25, 0.3) is 11.1 Å². The van der Waals surface area contributed by atoms with Gasteiger partial charge in [-0.05, 0) is 24.0 Å². The average molecular weight is 227 g/mol. The second kappa shape index (κ2) is 5.22. The van der Waals surface area contributed by atoms with E-state index in [2.05, 4.69) is 62.2 Å². The lowest BCUT2D eigenvalue weighted by Gasteiger charge is -2.02. The molecule has 1 aromatic carbocycles. The van der Waals surface area contributed by atoms with Crippen LogP contribution in [0, 0.1) is 0 Å². The molecule has 0 saturated carbocycles. The highest BCUT2D eigenvalue weighted by Gasteiger charge is 2.11. The van der Waals surface area contributed by atoms with Gasteiger partial charge in [-0.25, -0.2) is 0 Å². The first-order valence-electron chi connectivity index (χ1n) is 6.49. The van der Waals surface area contributed by atoms with Crippen LogP contribution >= 0.6 is 0 Å². The molecule has 0 atom stereocenters. The van der Waals surface area contributed by atoms with Crippen molar-refractivity contribution in [2.75, 3.05) is 0 Å². The number of hydrogen-bond donors (Lipinski definition) is 1. The van der Waals surface area contributed by atoms with Crippen molar-refractivity contribution in [3.8, 4) is 11.1 Å². The number of nitrogens with one attached hydrogen (secondary N) is 1. The van der Waals surface area contributed by atoms with Crippen molar-refractivity contribution < 1.29 is 0 Å². The summed E-state index contributed by atoms with van der Waals surface area (Å²) in [4.78, 5) is 3.58. The van der Waals surface area contributed by atoms with Gasteiger partial charge in [0.05, 0.1) is 0 Å². The van der Waals surface area contributed by atoms with E-state index in [-0.39, 0.29) is 0 Å². The quantitative estimate of drug-likeness (QED) is 0.775. The zero-order valence-corrected chi connectivity index (χ0v) is 11.0. The molecular weight excluding hydrogens is 206 g/mol. The van der Waals surface area contributed by atoms with Gasteiger partial charge in [0.2, 0.25) is 0 Å². The first kappa shape index (κ1) is 12.0. The van der Waals surface area contributed by atoms with Crippen molar-refractivity contribution in [1.82, 2.24) is 4.98 Å². The second-order valence-corrected chi connectivity index (χ2v) is 4.89. The van der Waals surface area contributed by atoms with E-state index < -0.39 is 0 Å². The van der Waals surface area contributed by atoms with Gasteiger partial charge >= 0.3 is 0 Å². The zero-order chi connectivity index (χ0) is 12.3. The molecule has 0 fully saturated rings. The van der Waals surface area contributed by atoms with Gasteiger partial charge in [0.1, 0.15) is 0 Å². The highest BCUT2D eigenvalue weighted by molar-refractivity contribution is 5.67. The number of hydrogen-bond acceptors (Lipinski definition) is 0. The van der Waals surface area contributed by atoms with Gasteiger partial charge in [-0.3, -0.25) is 0 Å². The van der Waals surface area contributed by atoms with Crippen LogP contribution in [-0.4, -0.2) is 4.98 Å². The number of benzene rings is 1. The Morgan fingerprint density at radius 3 is 2.41 bits per heavy atom. The first-order chi connectivity index (χ1) is 8.22. The number of aromatic nitrogens is 1. The van der Waals surface area contributed by atoms with Crippen LogP contribution in [0.15, 0.2) is 36.4 Å². The summed E-state index contributed by atoms with van der Waals surface area (Å²) in [5.74, 6) is 0.558. The zero-order valence-electron chi connectivity index (χ0n) is 11.0. The van der Waals surface area contributed by atoms with Crippen LogP contribution in [0.2, 0.25) is 0 Å². The van der Waals surface area contributed by atoms with Crippen LogP contribution in [-0.2, 0) is 6.42 Å². The molecule has 1 N–H and O–H groups in total. The van der Waals surface area contributed by atoms with Crippen LogP contribution < -0.4 is 0 Å². The second-order valence-electron chi connectivity index (χ2n) is 4.89. The van der Waals surface area contributed by atoms with E-state index in [0.717, 1.165) is 6.42 Å². The lowest BCUT2D eigenvalue weighted by molar-refractivity contribution is 0.811. The molecule has 0 spiro atoms. The van der Waals surface area contributed by atoms with E-state index in [1.165, 1.54) is 28.9 Å². The Labute approximate surface area is 104 Å². The highest BCUT2D eigenvalue weighted by Crippen LogP contribution is 2.28. The fourth-order valence-corrected chi connectivity index (χ4v) is 2.15. The smallest absolute Gasteiger partial charge is 0.0228 e. The number of aryl methyl sites for hydroxylation is 1. The van der Waals surface area contributed by atoms with Crippen LogP contribution in [0.4, 0.5) is 0 Å². The molecule has 90 valence electrons. The Balaban J connectivity index is 2.44. The summed E-state index contributed by atoms with van der Waals surface area (Å²) >= 11 is 0. The lowest BCUT2D eigenvalue weighted by atomic mass is 10.0. The van der Waals surface area contributed by atoms with Crippen molar-refractivity contribution in [1.29, 1.82) is 0 Å². The number of aromatic amines is 1. The number of rotatable bonds is 4. The Morgan fingerprint density at radius 1 is 1.12 bits per heavy atom. The van der Waals surface area contributed by atoms with E-state index in [9.17, 15) is 0 Å². The van der Waals surface area contributed by atoms with Crippen LogP contribution in [0.5, 0.6) is 0 Å². The molecule has 17 heavy (non-hydrogen) atoms. The van der Waals surface area contributed by atoms with Crippen molar-refractivity contribution >= 4 is 0 Å².